The molecule has 2 aromatic heterocycles. The van der Waals surface area contributed by atoms with Gasteiger partial charge in [0.1, 0.15) is 0 Å². The molecule has 0 atom stereocenters. The summed E-state index contributed by atoms with van der Waals surface area (Å²) in [5, 5.41) is 11.9. The van der Waals surface area contributed by atoms with E-state index >= 15 is 0 Å². The molecule has 0 bridgehead atoms. The first kappa shape index (κ1) is 21.8. The molecular weight excluding hydrogens is 420 g/mol. The summed E-state index contributed by atoms with van der Waals surface area (Å²) in [6, 6.07) is 13.7. The third kappa shape index (κ3) is 4.18. The lowest BCUT2D eigenvalue weighted by Gasteiger charge is -2.18. The predicted octanol–water partition coefficient (Wildman–Crippen LogP) is 5.26. The maximum atomic E-state index is 12.6. The number of benzene rings is 2. The van der Waals surface area contributed by atoms with Gasteiger partial charge in [-0.1, -0.05) is 50.3 Å². The van der Waals surface area contributed by atoms with E-state index in [0.717, 1.165) is 28.5 Å². The molecule has 8 heteroatoms. The monoisotopic (exact) mass is 446 g/mol. The zero-order valence-electron chi connectivity index (χ0n) is 19.1. The lowest BCUT2D eigenvalue weighted by molar-refractivity contribution is 0.102. The van der Waals surface area contributed by atoms with Crippen molar-refractivity contribution in [1.29, 1.82) is 0 Å². The zero-order chi connectivity index (χ0) is 23.0. The van der Waals surface area contributed by atoms with Crippen molar-refractivity contribution in [3.05, 3.63) is 70.4 Å². The number of carbonyl (C=O) groups excluding carboxylic acids is 1. The van der Waals surface area contributed by atoms with Crippen LogP contribution in [0.1, 0.15) is 53.5 Å². The van der Waals surface area contributed by atoms with Crippen LogP contribution < -0.4 is 5.32 Å². The molecule has 7 nitrogen and oxygen atoms in total. The molecule has 2 aromatic carbocycles. The average molecular weight is 447 g/mol. The molecule has 164 valence electrons. The number of anilines is 1. The van der Waals surface area contributed by atoms with Gasteiger partial charge in [-0.3, -0.25) is 10.1 Å². The first-order valence-electron chi connectivity index (χ1n) is 10.4. The van der Waals surface area contributed by atoms with Gasteiger partial charge in [-0.25, -0.2) is 4.68 Å². The molecule has 4 rings (SSSR count). The number of amides is 1. The summed E-state index contributed by atoms with van der Waals surface area (Å²) in [5.74, 6) is 0.228. The Labute approximate surface area is 191 Å². The normalized spacial score (nSPS) is 11.6. The summed E-state index contributed by atoms with van der Waals surface area (Å²) in [5.41, 5.74) is 6.53. The second-order valence-corrected chi connectivity index (χ2v) is 9.61. The van der Waals surface area contributed by atoms with Crippen LogP contribution in [0, 0.1) is 20.8 Å². The van der Waals surface area contributed by atoms with E-state index in [-0.39, 0.29) is 11.3 Å². The zero-order valence-corrected chi connectivity index (χ0v) is 19.9. The fourth-order valence-corrected chi connectivity index (χ4v) is 3.96. The quantitative estimate of drug-likeness (QED) is 0.462. The molecule has 0 aliphatic rings. The minimum absolute atomic E-state index is 0.0371. The Bertz CT molecular complexity index is 1280. The van der Waals surface area contributed by atoms with Gasteiger partial charge in [0, 0.05) is 17.1 Å². The van der Waals surface area contributed by atoms with Crippen molar-refractivity contribution in [1.82, 2.24) is 24.4 Å². The highest BCUT2D eigenvalue weighted by Crippen LogP contribution is 2.26. The maximum Gasteiger partial charge on any atom is 0.257 e. The van der Waals surface area contributed by atoms with Crippen molar-refractivity contribution in [2.24, 2.45) is 0 Å². The number of nitrogens with zero attached hydrogens (tertiary/aromatic N) is 5. The number of hydrogen-bond donors (Lipinski definition) is 1. The van der Waals surface area contributed by atoms with Gasteiger partial charge in [0.05, 0.1) is 11.4 Å². The van der Waals surface area contributed by atoms with Gasteiger partial charge in [-0.15, -0.1) is 5.10 Å². The van der Waals surface area contributed by atoms with E-state index in [2.05, 4.69) is 65.7 Å². The molecule has 1 N–H and O–H groups in total. The fourth-order valence-electron chi connectivity index (χ4n) is 3.39. The highest BCUT2D eigenvalue weighted by Gasteiger charge is 2.19. The number of hydrogen-bond acceptors (Lipinski definition) is 6. The van der Waals surface area contributed by atoms with Crippen LogP contribution in [-0.2, 0) is 5.41 Å². The predicted molar refractivity (Wildman–Crippen MR) is 128 cm³/mol. The number of aromatic nitrogens is 5. The smallest absolute Gasteiger partial charge is 0.257 e. The van der Waals surface area contributed by atoms with Gasteiger partial charge in [0.15, 0.2) is 11.5 Å². The van der Waals surface area contributed by atoms with Crippen LogP contribution in [0.15, 0.2) is 42.5 Å². The Morgan fingerprint density at radius 3 is 2.44 bits per heavy atom. The van der Waals surface area contributed by atoms with E-state index in [1.807, 2.05) is 43.3 Å². The molecule has 0 aliphatic heterocycles. The largest absolute Gasteiger partial charge is 0.297 e. The summed E-state index contributed by atoms with van der Waals surface area (Å²) in [7, 11) is 0. The van der Waals surface area contributed by atoms with Crippen LogP contribution in [-0.4, -0.2) is 30.3 Å². The highest BCUT2D eigenvalue weighted by atomic mass is 32.1. The van der Waals surface area contributed by atoms with Gasteiger partial charge >= 0.3 is 0 Å². The van der Waals surface area contributed by atoms with Gasteiger partial charge in [0.25, 0.3) is 5.91 Å². The topological polar surface area (TPSA) is 85.6 Å². The molecule has 32 heavy (non-hydrogen) atoms. The summed E-state index contributed by atoms with van der Waals surface area (Å²) in [6.45, 7) is 12.5. The first-order valence-corrected chi connectivity index (χ1v) is 11.2. The maximum absolute atomic E-state index is 12.6. The molecule has 0 spiro atoms. The third-order valence-corrected chi connectivity index (χ3v) is 6.20. The molecule has 0 saturated heterocycles. The lowest BCUT2D eigenvalue weighted by Crippen LogP contribution is -2.14. The van der Waals surface area contributed by atoms with E-state index in [4.69, 9.17) is 0 Å². The molecule has 2 heterocycles. The summed E-state index contributed by atoms with van der Waals surface area (Å²) in [4.78, 5) is 17.1. The van der Waals surface area contributed by atoms with Crippen LogP contribution in [0.25, 0.3) is 17.2 Å². The number of nitrogens with one attached hydrogen (secondary N) is 1. The lowest BCUT2D eigenvalue weighted by atomic mass is 9.87. The van der Waals surface area contributed by atoms with E-state index in [1.165, 1.54) is 11.1 Å². The average Bonchev–Trinajstić information content (AvgIpc) is 3.36. The molecule has 0 aliphatic carbocycles. The molecule has 1 amide bonds. The van der Waals surface area contributed by atoms with Crippen LogP contribution in [0.3, 0.4) is 0 Å². The van der Waals surface area contributed by atoms with Crippen LogP contribution in [0.2, 0.25) is 0 Å². The molecular formula is C24H26N6OS. The minimum Gasteiger partial charge on any atom is -0.297 e. The molecule has 0 fully saturated rings. The molecule has 0 unspecified atom stereocenters. The van der Waals surface area contributed by atoms with Crippen LogP contribution in [0.4, 0.5) is 5.13 Å². The Hall–Kier alpha value is -3.39. The van der Waals surface area contributed by atoms with Crippen LogP contribution >= 0.6 is 11.5 Å². The number of carbonyl (C=O) groups is 1. The summed E-state index contributed by atoms with van der Waals surface area (Å²) in [6.07, 6.45) is 0. The van der Waals surface area contributed by atoms with E-state index in [9.17, 15) is 4.79 Å². The third-order valence-electron chi connectivity index (χ3n) is 5.57. The van der Waals surface area contributed by atoms with Crippen LogP contribution in [0.5, 0.6) is 0 Å². The van der Waals surface area contributed by atoms with Crippen molar-refractivity contribution in [3.63, 3.8) is 0 Å². The van der Waals surface area contributed by atoms with E-state index in [1.54, 1.807) is 4.68 Å². The van der Waals surface area contributed by atoms with Gasteiger partial charge in [-0.2, -0.15) is 9.36 Å². The molecule has 4 aromatic rings. The second kappa shape index (κ2) is 8.27. The highest BCUT2D eigenvalue weighted by molar-refractivity contribution is 7.10. The van der Waals surface area contributed by atoms with Crippen molar-refractivity contribution in [2.45, 2.75) is 47.0 Å². The van der Waals surface area contributed by atoms with Gasteiger partial charge < -0.3 is 0 Å². The van der Waals surface area contributed by atoms with Crippen molar-refractivity contribution in [2.75, 3.05) is 5.32 Å². The number of rotatable bonds is 4. The van der Waals surface area contributed by atoms with Crippen molar-refractivity contribution < 1.29 is 4.79 Å². The Morgan fingerprint density at radius 2 is 1.75 bits per heavy atom. The SMILES string of the molecule is Cc1cccc(-n2nnc(-c3nsc(NC(=O)c4ccc(C(C)(C)C)cc4)n3)c2C)c1C. The van der Waals surface area contributed by atoms with Crippen molar-refractivity contribution in [3.8, 4) is 17.2 Å². The molecule has 0 radical (unpaired) electrons. The van der Waals surface area contributed by atoms with E-state index in [0.29, 0.717) is 22.2 Å². The Balaban J connectivity index is 1.54. The minimum atomic E-state index is -0.219. The first-order chi connectivity index (χ1) is 15.1. The second-order valence-electron chi connectivity index (χ2n) is 8.86. The Kier molecular flexibility index (Phi) is 5.64. The summed E-state index contributed by atoms with van der Waals surface area (Å²) >= 11 is 1.12. The van der Waals surface area contributed by atoms with E-state index < -0.39 is 0 Å². The van der Waals surface area contributed by atoms with Gasteiger partial charge in [0.2, 0.25) is 5.13 Å². The Morgan fingerprint density at radius 1 is 1.03 bits per heavy atom. The molecule has 0 saturated carbocycles. The van der Waals surface area contributed by atoms with Gasteiger partial charge in [-0.05, 0) is 61.1 Å². The van der Waals surface area contributed by atoms with Crippen molar-refractivity contribution >= 4 is 22.6 Å². The fraction of sp³-hybridized carbons (Fsp3) is 0.292. The summed E-state index contributed by atoms with van der Waals surface area (Å²) < 4.78 is 6.19. The standard InChI is InChI=1S/C24H26N6OS/c1-14-8-7-9-19(15(14)2)30-16(3)20(27-29-30)21-25-23(32-28-21)26-22(31)17-10-12-18(13-11-17)24(4,5)6/h7-13H,1-6H3,(H,25,26,28,31). The number of aryl methyl sites for hydroxylation is 1.